The lowest BCUT2D eigenvalue weighted by Gasteiger charge is -2.36. The van der Waals surface area contributed by atoms with Crippen LogP contribution in [0.1, 0.15) is 20.8 Å². The zero-order valence-corrected chi connectivity index (χ0v) is 15.4. The number of rotatable bonds is 2. The lowest BCUT2D eigenvalue weighted by molar-refractivity contribution is 0.492. The molecule has 0 heterocycles. The van der Waals surface area contributed by atoms with Crippen molar-refractivity contribution < 1.29 is 4.43 Å². The molecular weight excluding hydrogens is 386 g/mol. The summed E-state index contributed by atoms with van der Waals surface area (Å²) >= 11 is 14.3. The monoisotopic (exact) mass is 402 g/mol. The van der Waals surface area contributed by atoms with Crippen LogP contribution in [0.3, 0.4) is 0 Å². The zero-order valence-electron chi connectivity index (χ0n) is 10.7. The predicted octanol–water partition coefficient (Wildman–Crippen LogP) is 5.98. The van der Waals surface area contributed by atoms with Crippen LogP contribution in [0.25, 0.3) is 0 Å². The maximum atomic E-state index is 6.15. The van der Waals surface area contributed by atoms with Crippen molar-refractivity contribution in [3.05, 3.63) is 25.7 Å². The third kappa shape index (κ3) is 3.75. The Kier molecular flexibility index (Phi) is 4.84. The maximum Gasteiger partial charge on any atom is 0.250 e. The Balaban J connectivity index is 3.05. The molecule has 0 aromatic heterocycles. The van der Waals surface area contributed by atoms with Gasteiger partial charge in [-0.25, -0.2) is 0 Å². The molecule has 0 fully saturated rings. The summed E-state index contributed by atoms with van der Waals surface area (Å²) < 4.78 is 7.02. The Labute approximate surface area is 128 Å². The summed E-state index contributed by atoms with van der Waals surface area (Å²) in [6.07, 6.45) is 0. The van der Waals surface area contributed by atoms with Crippen molar-refractivity contribution in [2.75, 3.05) is 0 Å². The molecule has 0 saturated carbocycles. The fourth-order valence-electron chi connectivity index (χ4n) is 1.04. The minimum atomic E-state index is -1.83. The van der Waals surface area contributed by atoms with Crippen molar-refractivity contribution >= 4 is 54.1 Å². The first-order chi connectivity index (χ1) is 7.54. The van der Waals surface area contributed by atoms with E-state index in [1.54, 1.807) is 0 Å². The number of hydrogen-bond acceptors (Lipinski definition) is 1. The van der Waals surface area contributed by atoms with Crippen molar-refractivity contribution in [2.24, 2.45) is 0 Å². The highest BCUT2D eigenvalue weighted by Gasteiger charge is 2.39. The second kappa shape index (κ2) is 5.27. The van der Waals surface area contributed by atoms with Crippen LogP contribution in [-0.2, 0) is 0 Å². The van der Waals surface area contributed by atoms with E-state index in [9.17, 15) is 0 Å². The summed E-state index contributed by atoms with van der Waals surface area (Å²) in [6.45, 7) is 11.0. The second-order valence-corrected chi connectivity index (χ2v) is 12.2. The van der Waals surface area contributed by atoms with E-state index in [0.717, 1.165) is 9.32 Å². The van der Waals surface area contributed by atoms with Gasteiger partial charge >= 0.3 is 0 Å². The van der Waals surface area contributed by atoms with Gasteiger partial charge in [-0.1, -0.05) is 44.0 Å². The fourth-order valence-corrected chi connectivity index (χ4v) is 2.83. The van der Waals surface area contributed by atoms with Crippen molar-refractivity contribution in [2.45, 2.75) is 38.9 Å². The van der Waals surface area contributed by atoms with Crippen LogP contribution < -0.4 is 4.43 Å². The molecule has 0 saturated heterocycles. The molecule has 0 unspecified atom stereocenters. The van der Waals surface area contributed by atoms with Gasteiger partial charge in [0.25, 0.3) is 0 Å². The fraction of sp³-hybridized carbons (Fsp3) is 0.500. The third-order valence-electron chi connectivity index (χ3n) is 3.14. The van der Waals surface area contributed by atoms with E-state index in [2.05, 4.69) is 56.5 Å². The molecule has 96 valence electrons. The second-order valence-electron chi connectivity index (χ2n) is 5.56. The van der Waals surface area contributed by atoms with Gasteiger partial charge in [-0.15, -0.1) is 0 Å². The number of benzene rings is 1. The summed E-state index contributed by atoms with van der Waals surface area (Å²) in [5.74, 6) is 0.770. The van der Waals surface area contributed by atoms with Crippen LogP contribution in [0, 0.1) is 3.57 Å². The Bertz CT molecular complexity index is 404. The summed E-state index contributed by atoms with van der Waals surface area (Å²) in [4.78, 5) is 0. The zero-order chi connectivity index (χ0) is 13.4. The van der Waals surface area contributed by atoms with Gasteiger partial charge in [0.05, 0.1) is 13.6 Å². The van der Waals surface area contributed by atoms with Crippen LogP contribution in [-0.4, -0.2) is 8.32 Å². The molecule has 0 radical (unpaired) electrons. The molecule has 1 aromatic carbocycles. The molecule has 0 N–H and O–H groups in total. The number of halogens is 3. The topological polar surface area (TPSA) is 9.23 Å². The maximum absolute atomic E-state index is 6.15. The number of hydrogen-bond donors (Lipinski definition) is 0. The molecule has 5 heteroatoms. The largest absolute Gasteiger partial charge is 0.543 e. The molecule has 0 spiro atoms. The molecule has 1 rings (SSSR count). The van der Waals surface area contributed by atoms with Crippen molar-refractivity contribution in [3.8, 4) is 5.75 Å². The van der Waals surface area contributed by atoms with Crippen LogP contribution in [0.5, 0.6) is 5.75 Å². The van der Waals surface area contributed by atoms with Gasteiger partial charge in [-0.3, -0.25) is 0 Å². The van der Waals surface area contributed by atoms with Gasteiger partial charge in [0.1, 0.15) is 5.75 Å². The SMILES string of the molecule is CC(C)(C)[Si](C)(C)Oc1cc(Cl)c(I)c(Cl)c1. The molecule has 0 aliphatic rings. The summed E-state index contributed by atoms with van der Waals surface area (Å²) in [5, 5.41) is 1.45. The normalized spacial score (nSPS) is 12.7. The third-order valence-corrected chi connectivity index (χ3v) is 9.89. The average molecular weight is 403 g/mol. The van der Waals surface area contributed by atoms with E-state index in [1.165, 1.54) is 0 Å². The molecule has 1 aromatic rings. The molecule has 0 aliphatic heterocycles. The smallest absolute Gasteiger partial charge is 0.250 e. The van der Waals surface area contributed by atoms with E-state index < -0.39 is 8.32 Å². The minimum Gasteiger partial charge on any atom is -0.543 e. The highest BCUT2D eigenvalue weighted by Crippen LogP contribution is 2.39. The van der Waals surface area contributed by atoms with Crippen LogP contribution in [0.4, 0.5) is 0 Å². The van der Waals surface area contributed by atoms with Crippen molar-refractivity contribution in [1.82, 2.24) is 0 Å². The Hall–Kier alpha value is 0.547. The highest BCUT2D eigenvalue weighted by atomic mass is 127. The van der Waals surface area contributed by atoms with Crippen molar-refractivity contribution in [1.29, 1.82) is 0 Å². The van der Waals surface area contributed by atoms with Crippen LogP contribution >= 0.6 is 45.8 Å². The van der Waals surface area contributed by atoms with Crippen LogP contribution in [0.15, 0.2) is 12.1 Å². The van der Waals surface area contributed by atoms with E-state index >= 15 is 0 Å². The Morgan fingerprint density at radius 1 is 1.12 bits per heavy atom. The van der Waals surface area contributed by atoms with Crippen LogP contribution in [0.2, 0.25) is 28.2 Å². The molecular formula is C12H17Cl2IOSi. The quantitative estimate of drug-likeness (QED) is 0.335. The van der Waals surface area contributed by atoms with Gasteiger partial charge in [-0.2, -0.15) is 0 Å². The lowest BCUT2D eigenvalue weighted by Crippen LogP contribution is -2.43. The Morgan fingerprint density at radius 2 is 1.53 bits per heavy atom. The van der Waals surface area contributed by atoms with Gasteiger partial charge in [0.15, 0.2) is 0 Å². The van der Waals surface area contributed by atoms with E-state index in [4.69, 9.17) is 27.6 Å². The summed E-state index contributed by atoms with van der Waals surface area (Å²) in [6, 6.07) is 3.69. The first-order valence-corrected chi connectivity index (χ1v) is 10.1. The van der Waals surface area contributed by atoms with Gasteiger partial charge < -0.3 is 4.43 Å². The molecule has 17 heavy (non-hydrogen) atoms. The summed E-state index contributed by atoms with van der Waals surface area (Å²) in [7, 11) is -1.83. The molecule has 1 nitrogen and oxygen atoms in total. The first-order valence-electron chi connectivity index (χ1n) is 5.38. The molecule has 0 bridgehead atoms. The first kappa shape index (κ1) is 15.6. The van der Waals surface area contributed by atoms with Gasteiger partial charge in [0.2, 0.25) is 8.32 Å². The predicted molar refractivity (Wildman–Crippen MR) is 87.0 cm³/mol. The Morgan fingerprint density at radius 3 is 1.88 bits per heavy atom. The lowest BCUT2D eigenvalue weighted by atomic mass is 10.2. The van der Waals surface area contributed by atoms with E-state index in [0.29, 0.717) is 10.0 Å². The average Bonchev–Trinajstić information content (AvgIpc) is 2.11. The molecule has 0 amide bonds. The minimum absolute atomic E-state index is 0.162. The van der Waals surface area contributed by atoms with Crippen molar-refractivity contribution in [3.63, 3.8) is 0 Å². The van der Waals surface area contributed by atoms with E-state index in [1.807, 2.05) is 12.1 Å². The summed E-state index contributed by atoms with van der Waals surface area (Å²) in [5.41, 5.74) is 0. The van der Waals surface area contributed by atoms with E-state index in [-0.39, 0.29) is 5.04 Å². The van der Waals surface area contributed by atoms with Gasteiger partial charge in [-0.05, 0) is 52.9 Å². The molecule has 0 aliphatic carbocycles. The standard InChI is InChI=1S/C12H17Cl2IOSi/c1-12(2,3)17(4,5)16-8-6-9(13)11(15)10(14)7-8/h6-7H,1-5H3. The van der Waals surface area contributed by atoms with Gasteiger partial charge in [0, 0.05) is 0 Å². The highest BCUT2D eigenvalue weighted by molar-refractivity contribution is 14.1. The molecule has 0 atom stereocenters.